The number of halogens is 1. The highest BCUT2D eigenvalue weighted by molar-refractivity contribution is 6.50. The number of imide groups is 1. The standard InChI is InChI=1S/C28H28FN3O5/c1-35-15-36-14-17-3-2-4-19-20(13-32(25(17)19)18-7-10-30-11-8-18)22-24(28(34)31-27(22)33)23-21(29)6-5-16-9-12-37-26(16)23/h2-6,13,18,30H,7-12,14-15H2,1H3,(H,31,33,34). The summed E-state index contributed by atoms with van der Waals surface area (Å²) in [7, 11) is 1.57. The number of carbonyl (C=O) groups is 2. The summed E-state index contributed by atoms with van der Waals surface area (Å²) in [5.74, 6) is -1.41. The number of ether oxygens (including phenoxy) is 3. The smallest absolute Gasteiger partial charge is 0.259 e. The number of para-hydroxylation sites is 1. The van der Waals surface area contributed by atoms with Crippen molar-refractivity contribution in [3.05, 3.63) is 64.6 Å². The largest absolute Gasteiger partial charge is 0.492 e. The second-order valence-corrected chi connectivity index (χ2v) is 9.54. The zero-order valence-electron chi connectivity index (χ0n) is 20.6. The Labute approximate surface area is 213 Å². The Morgan fingerprint density at radius 2 is 1.92 bits per heavy atom. The monoisotopic (exact) mass is 505 g/mol. The van der Waals surface area contributed by atoms with E-state index in [4.69, 9.17) is 14.2 Å². The van der Waals surface area contributed by atoms with Crippen molar-refractivity contribution in [1.29, 1.82) is 0 Å². The molecular weight excluding hydrogens is 477 g/mol. The summed E-state index contributed by atoms with van der Waals surface area (Å²) < 4.78 is 34.0. The van der Waals surface area contributed by atoms with Crippen molar-refractivity contribution in [2.75, 3.05) is 33.6 Å². The molecule has 3 aliphatic rings. The third-order valence-corrected chi connectivity index (χ3v) is 7.35. The molecular formula is C28H28FN3O5. The van der Waals surface area contributed by atoms with Gasteiger partial charge in [-0.2, -0.15) is 0 Å². The predicted octanol–water partition coefficient (Wildman–Crippen LogP) is 3.33. The molecule has 0 aliphatic carbocycles. The third-order valence-electron chi connectivity index (χ3n) is 7.35. The second kappa shape index (κ2) is 9.74. The highest BCUT2D eigenvalue weighted by atomic mass is 19.1. The van der Waals surface area contributed by atoms with E-state index in [1.807, 2.05) is 24.4 Å². The maximum Gasteiger partial charge on any atom is 0.259 e. The summed E-state index contributed by atoms with van der Waals surface area (Å²) >= 11 is 0. The van der Waals surface area contributed by atoms with Gasteiger partial charge in [0.2, 0.25) is 0 Å². The number of nitrogens with one attached hydrogen (secondary N) is 2. The second-order valence-electron chi connectivity index (χ2n) is 9.54. The van der Waals surface area contributed by atoms with Crippen LogP contribution < -0.4 is 15.4 Å². The molecule has 0 atom stereocenters. The van der Waals surface area contributed by atoms with Gasteiger partial charge in [-0.1, -0.05) is 24.3 Å². The summed E-state index contributed by atoms with van der Waals surface area (Å²) in [6, 6.07) is 9.05. The fourth-order valence-corrected chi connectivity index (χ4v) is 5.72. The molecule has 1 aromatic heterocycles. The van der Waals surface area contributed by atoms with Crippen molar-refractivity contribution in [2.24, 2.45) is 0 Å². The van der Waals surface area contributed by atoms with Crippen LogP contribution in [-0.4, -0.2) is 50.0 Å². The molecule has 2 amide bonds. The molecule has 9 heteroatoms. The number of fused-ring (bicyclic) bond motifs is 2. The Bertz CT molecular complexity index is 1440. The van der Waals surface area contributed by atoms with Gasteiger partial charge < -0.3 is 24.1 Å². The van der Waals surface area contributed by atoms with E-state index in [0.29, 0.717) is 30.9 Å². The number of benzene rings is 2. The lowest BCUT2D eigenvalue weighted by Crippen LogP contribution is -2.29. The van der Waals surface area contributed by atoms with Crippen molar-refractivity contribution >= 4 is 33.9 Å². The lowest BCUT2D eigenvalue weighted by atomic mass is 9.93. The molecule has 2 aromatic carbocycles. The highest BCUT2D eigenvalue weighted by Gasteiger charge is 2.38. The van der Waals surface area contributed by atoms with Gasteiger partial charge in [-0.25, -0.2) is 4.39 Å². The van der Waals surface area contributed by atoms with Gasteiger partial charge >= 0.3 is 0 Å². The Kier molecular flexibility index (Phi) is 6.27. The van der Waals surface area contributed by atoms with E-state index in [-0.39, 0.29) is 29.5 Å². The average Bonchev–Trinajstić information content (AvgIpc) is 3.60. The topological polar surface area (TPSA) is 90.8 Å². The molecule has 8 nitrogen and oxygen atoms in total. The quantitative estimate of drug-likeness (QED) is 0.291. The SMILES string of the molecule is COCOCc1cccc2c(C3=C(c4c(F)ccc5c4OCC5)C(=O)NC3=O)cn(C3CCNCC3)c12. The van der Waals surface area contributed by atoms with E-state index in [0.717, 1.165) is 48.0 Å². The van der Waals surface area contributed by atoms with E-state index in [9.17, 15) is 9.59 Å². The minimum Gasteiger partial charge on any atom is -0.492 e. The van der Waals surface area contributed by atoms with Crippen molar-refractivity contribution in [3.63, 3.8) is 0 Å². The summed E-state index contributed by atoms with van der Waals surface area (Å²) in [4.78, 5) is 26.4. The van der Waals surface area contributed by atoms with Crippen molar-refractivity contribution < 1.29 is 28.2 Å². The first-order chi connectivity index (χ1) is 18.1. The summed E-state index contributed by atoms with van der Waals surface area (Å²) in [5.41, 5.74) is 3.54. The summed E-state index contributed by atoms with van der Waals surface area (Å²) in [6.07, 6.45) is 4.40. The molecule has 0 saturated carbocycles. The molecule has 2 N–H and O–H groups in total. The average molecular weight is 506 g/mol. The van der Waals surface area contributed by atoms with Crippen LogP contribution in [0.4, 0.5) is 4.39 Å². The van der Waals surface area contributed by atoms with Crippen molar-refractivity contribution in [1.82, 2.24) is 15.2 Å². The van der Waals surface area contributed by atoms with Gasteiger partial charge in [-0.05, 0) is 37.6 Å². The minimum absolute atomic E-state index is 0.0200. The number of amides is 2. The first-order valence-electron chi connectivity index (χ1n) is 12.5. The van der Waals surface area contributed by atoms with Crippen LogP contribution in [0.25, 0.3) is 22.0 Å². The molecule has 0 bridgehead atoms. The Hall–Kier alpha value is -3.53. The molecule has 192 valence electrons. The lowest BCUT2D eigenvalue weighted by molar-refractivity contribution is -0.122. The number of rotatable bonds is 7. The number of nitrogens with zero attached hydrogens (tertiary/aromatic N) is 1. The minimum atomic E-state index is -0.620. The summed E-state index contributed by atoms with van der Waals surface area (Å²) in [6.45, 7) is 2.65. The number of methoxy groups -OCH3 is 1. The summed E-state index contributed by atoms with van der Waals surface area (Å²) in [5, 5.41) is 6.61. The van der Waals surface area contributed by atoms with Crippen LogP contribution in [0.5, 0.6) is 5.75 Å². The first kappa shape index (κ1) is 23.8. The zero-order chi connectivity index (χ0) is 25.5. The number of hydrogen-bond acceptors (Lipinski definition) is 6. The Morgan fingerprint density at radius 1 is 1.11 bits per heavy atom. The van der Waals surface area contributed by atoms with Gasteiger partial charge in [0.1, 0.15) is 18.4 Å². The molecule has 0 radical (unpaired) electrons. The van der Waals surface area contributed by atoms with E-state index < -0.39 is 17.6 Å². The molecule has 1 fully saturated rings. The van der Waals surface area contributed by atoms with E-state index in [1.54, 1.807) is 13.2 Å². The van der Waals surface area contributed by atoms with Gasteiger partial charge in [0.15, 0.2) is 0 Å². The lowest BCUT2D eigenvalue weighted by Gasteiger charge is -2.25. The van der Waals surface area contributed by atoms with Gasteiger partial charge in [0.05, 0.1) is 35.4 Å². The molecule has 6 rings (SSSR count). The van der Waals surface area contributed by atoms with Crippen LogP contribution in [-0.2, 0) is 32.1 Å². The predicted molar refractivity (Wildman–Crippen MR) is 135 cm³/mol. The maximum absolute atomic E-state index is 15.3. The van der Waals surface area contributed by atoms with E-state index in [2.05, 4.69) is 15.2 Å². The third kappa shape index (κ3) is 4.03. The number of hydrogen-bond donors (Lipinski definition) is 2. The molecule has 4 heterocycles. The molecule has 0 spiro atoms. The van der Waals surface area contributed by atoms with Crippen LogP contribution in [0.2, 0.25) is 0 Å². The van der Waals surface area contributed by atoms with Gasteiger partial charge in [0, 0.05) is 42.3 Å². The number of piperidine rings is 1. The fraction of sp³-hybridized carbons (Fsp3) is 0.357. The fourth-order valence-electron chi connectivity index (χ4n) is 5.72. The van der Waals surface area contributed by atoms with Crippen LogP contribution >= 0.6 is 0 Å². The Balaban J connectivity index is 1.60. The van der Waals surface area contributed by atoms with Gasteiger partial charge in [0.25, 0.3) is 11.8 Å². The van der Waals surface area contributed by atoms with E-state index >= 15 is 4.39 Å². The number of carbonyl (C=O) groups excluding carboxylic acids is 2. The van der Waals surface area contributed by atoms with Crippen LogP contribution in [0.3, 0.4) is 0 Å². The van der Waals surface area contributed by atoms with Gasteiger partial charge in [-0.15, -0.1) is 0 Å². The number of aromatic nitrogens is 1. The molecule has 1 saturated heterocycles. The van der Waals surface area contributed by atoms with Crippen LogP contribution in [0, 0.1) is 5.82 Å². The maximum atomic E-state index is 15.3. The first-order valence-corrected chi connectivity index (χ1v) is 12.5. The zero-order valence-corrected chi connectivity index (χ0v) is 20.6. The molecule has 3 aromatic rings. The Morgan fingerprint density at radius 3 is 2.73 bits per heavy atom. The molecule has 37 heavy (non-hydrogen) atoms. The van der Waals surface area contributed by atoms with Crippen molar-refractivity contribution in [2.45, 2.75) is 31.9 Å². The molecule has 3 aliphatic heterocycles. The normalized spacial score (nSPS) is 18.0. The highest BCUT2D eigenvalue weighted by Crippen LogP contribution is 2.44. The van der Waals surface area contributed by atoms with Gasteiger partial charge in [-0.3, -0.25) is 14.9 Å². The van der Waals surface area contributed by atoms with E-state index in [1.165, 1.54) is 6.07 Å². The van der Waals surface area contributed by atoms with Crippen LogP contribution in [0.15, 0.2) is 36.5 Å². The van der Waals surface area contributed by atoms with Crippen LogP contribution in [0.1, 0.15) is 41.1 Å². The molecule has 0 unspecified atom stereocenters. The van der Waals surface area contributed by atoms with Crippen molar-refractivity contribution in [3.8, 4) is 5.75 Å².